The van der Waals surface area contributed by atoms with Gasteiger partial charge in [-0.1, -0.05) is 78.8 Å². The van der Waals surface area contributed by atoms with Crippen molar-refractivity contribution in [2.24, 2.45) is 0 Å². The van der Waals surface area contributed by atoms with Gasteiger partial charge in [-0.25, -0.2) is 0 Å². The summed E-state index contributed by atoms with van der Waals surface area (Å²) < 4.78 is 0. The van der Waals surface area contributed by atoms with Crippen molar-refractivity contribution in [1.82, 2.24) is 0 Å². The fourth-order valence-electron chi connectivity index (χ4n) is 2.56. The first-order valence-electron chi connectivity index (χ1n) is 9.30. The zero-order chi connectivity index (χ0) is 19.8. The predicted octanol–water partition coefficient (Wildman–Crippen LogP) is 5.03. The van der Waals surface area contributed by atoms with Gasteiger partial charge in [0.1, 0.15) is 0 Å². The summed E-state index contributed by atoms with van der Waals surface area (Å²) in [5.74, 6) is 18.4. The van der Waals surface area contributed by atoms with Gasteiger partial charge in [-0.2, -0.15) is 0 Å². The summed E-state index contributed by atoms with van der Waals surface area (Å²) in [6.45, 7) is 7.06. The van der Waals surface area contributed by atoms with Gasteiger partial charge < -0.3 is 0 Å². The van der Waals surface area contributed by atoms with Crippen LogP contribution in [0.5, 0.6) is 0 Å². The summed E-state index contributed by atoms with van der Waals surface area (Å²) in [7, 11) is -1.25. The minimum atomic E-state index is -1.25. The molecular formula is C27H22Si. The van der Waals surface area contributed by atoms with Crippen LogP contribution in [0, 0.1) is 35.5 Å². The van der Waals surface area contributed by atoms with Crippen LogP contribution in [-0.2, 0) is 0 Å². The Kier molecular flexibility index (Phi) is 6.19. The van der Waals surface area contributed by atoms with Gasteiger partial charge in [0, 0.05) is 22.3 Å². The lowest BCUT2D eigenvalue weighted by Gasteiger charge is -2.15. The van der Waals surface area contributed by atoms with Crippen LogP contribution in [-0.4, -0.2) is 8.07 Å². The topological polar surface area (TPSA) is 0 Å². The third-order valence-electron chi connectivity index (χ3n) is 4.24. The summed E-state index contributed by atoms with van der Waals surface area (Å²) in [6, 6.07) is 26.5. The van der Waals surface area contributed by atoms with E-state index < -0.39 is 8.07 Å². The van der Waals surface area contributed by atoms with E-state index in [-0.39, 0.29) is 0 Å². The fourth-order valence-corrected chi connectivity index (χ4v) is 3.73. The van der Waals surface area contributed by atoms with Crippen LogP contribution >= 0.6 is 0 Å². The largest absolute Gasteiger partial charge is 0.0775 e. The van der Waals surface area contributed by atoms with E-state index in [0.717, 1.165) is 22.3 Å². The Morgan fingerprint density at radius 1 is 0.464 bits per heavy atom. The molecule has 3 aromatic rings. The van der Waals surface area contributed by atoms with Crippen LogP contribution in [0.25, 0.3) is 0 Å². The molecule has 28 heavy (non-hydrogen) atoms. The molecule has 0 amide bonds. The van der Waals surface area contributed by atoms with Gasteiger partial charge in [0.15, 0.2) is 0 Å². The monoisotopic (exact) mass is 374 g/mol. The van der Waals surface area contributed by atoms with Crippen LogP contribution < -0.4 is 5.19 Å². The first-order chi connectivity index (χ1) is 13.5. The molecule has 0 radical (unpaired) electrons. The lowest BCUT2D eigenvalue weighted by molar-refractivity contribution is 1.59. The van der Waals surface area contributed by atoms with Gasteiger partial charge >= 0.3 is 0 Å². The predicted molar refractivity (Wildman–Crippen MR) is 122 cm³/mol. The first-order valence-corrected chi connectivity index (χ1v) is 12.8. The van der Waals surface area contributed by atoms with E-state index in [0.29, 0.717) is 0 Å². The quantitative estimate of drug-likeness (QED) is 0.414. The normalized spacial score (nSPS) is 9.82. The van der Waals surface area contributed by atoms with E-state index in [9.17, 15) is 0 Å². The van der Waals surface area contributed by atoms with E-state index in [1.54, 1.807) is 0 Å². The molecule has 3 aromatic carbocycles. The summed E-state index contributed by atoms with van der Waals surface area (Å²) in [4.78, 5) is 0. The summed E-state index contributed by atoms with van der Waals surface area (Å²) in [5.41, 5.74) is 3.94. The Balaban J connectivity index is 1.65. The molecule has 0 bridgehead atoms. The molecule has 0 spiro atoms. The number of hydrogen-bond donors (Lipinski definition) is 0. The molecule has 1 heteroatoms. The molecule has 0 atom stereocenters. The summed E-state index contributed by atoms with van der Waals surface area (Å²) >= 11 is 0. The third kappa shape index (κ3) is 5.79. The molecule has 0 unspecified atom stereocenters. The zero-order valence-corrected chi connectivity index (χ0v) is 17.5. The maximum atomic E-state index is 3.24. The molecule has 0 N–H and O–H groups in total. The van der Waals surface area contributed by atoms with Crippen molar-refractivity contribution in [3.05, 3.63) is 101 Å². The number of hydrogen-bond acceptors (Lipinski definition) is 0. The molecule has 0 heterocycles. The SMILES string of the molecule is C[Si](C)(C)c1ccc(C#Cc2ccc(C#CC#Cc3ccccc3)cc2)cc1. The van der Waals surface area contributed by atoms with Crippen LogP contribution in [0.2, 0.25) is 19.6 Å². The second-order valence-electron chi connectivity index (χ2n) is 7.52. The minimum absolute atomic E-state index is 0.937. The minimum Gasteiger partial charge on any atom is -0.0656 e. The fraction of sp³-hybridized carbons (Fsp3) is 0.111. The lowest BCUT2D eigenvalue weighted by Crippen LogP contribution is -2.37. The molecule has 0 aromatic heterocycles. The molecule has 134 valence electrons. The molecular weight excluding hydrogens is 352 g/mol. The maximum Gasteiger partial charge on any atom is 0.0775 e. The number of rotatable bonds is 1. The van der Waals surface area contributed by atoms with Crippen LogP contribution in [0.3, 0.4) is 0 Å². The second kappa shape index (κ2) is 8.97. The van der Waals surface area contributed by atoms with Crippen molar-refractivity contribution in [1.29, 1.82) is 0 Å². The standard InChI is InChI=1S/C27H22Si/c1-28(2,3)27-21-19-26(20-22-27)18-17-25-15-13-24(14-16-25)12-8-7-11-23-9-5-4-6-10-23/h4-6,9-10,13-16,19-22H,1-3H3. The Hall–Kier alpha value is -3.44. The summed E-state index contributed by atoms with van der Waals surface area (Å²) in [5, 5.41) is 1.45. The molecule has 0 fully saturated rings. The lowest BCUT2D eigenvalue weighted by atomic mass is 10.1. The molecule has 0 aliphatic heterocycles. The van der Waals surface area contributed by atoms with E-state index in [2.05, 4.69) is 79.4 Å². The van der Waals surface area contributed by atoms with Gasteiger partial charge in [-0.3, -0.25) is 0 Å². The van der Waals surface area contributed by atoms with Crippen LogP contribution in [0.1, 0.15) is 22.3 Å². The maximum absolute atomic E-state index is 3.24. The molecule has 3 rings (SSSR count). The van der Waals surface area contributed by atoms with E-state index in [1.807, 2.05) is 54.6 Å². The van der Waals surface area contributed by atoms with Gasteiger partial charge in [-0.15, -0.1) is 0 Å². The second-order valence-corrected chi connectivity index (χ2v) is 12.6. The van der Waals surface area contributed by atoms with Crippen molar-refractivity contribution < 1.29 is 0 Å². The highest BCUT2D eigenvalue weighted by molar-refractivity contribution is 6.88. The Morgan fingerprint density at radius 2 is 0.857 bits per heavy atom. The zero-order valence-electron chi connectivity index (χ0n) is 16.5. The van der Waals surface area contributed by atoms with Gasteiger partial charge in [0.2, 0.25) is 0 Å². The Labute approximate surface area is 169 Å². The van der Waals surface area contributed by atoms with Crippen molar-refractivity contribution in [3.8, 4) is 35.5 Å². The van der Waals surface area contributed by atoms with Crippen molar-refractivity contribution in [2.75, 3.05) is 0 Å². The van der Waals surface area contributed by atoms with Gasteiger partial charge in [0.25, 0.3) is 0 Å². The van der Waals surface area contributed by atoms with Gasteiger partial charge in [0.05, 0.1) is 8.07 Å². The van der Waals surface area contributed by atoms with Crippen molar-refractivity contribution in [2.45, 2.75) is 19.6 Å². The Bertz CT molecular complexity index is 1110. The highest BCUT2D eigenvalue weighted by atomic mass is 28.3. The first kappa shape index (κ1) is 19.3. The smallest absolute Gasteiger partial charge is 0.0656 e. The highest BCUT2D eigenvalue weighted by Gasteiger charge is 2.15. The molecule has 0 saturated heterocycles. The molecule has 0 nitrogen and oxygen atoms in total. The number of benzene rings is 3. The third-order valence-corrected chi connectivity index (χ3v) is 6.30. The average molecular weight is 375 g/mol. The van der Waals surface area contributed by atoms with E-state index >= 15 is 0 Å². The van der Waals surface area contributed by atoms with Crippen molar-refractivity contribution >= 4 is 13.3 Å². The summed E-state index contributed by atoms with van der Waals surface area (Å²) in [6.07, 6.45) is 0. The van der Waals surface area contributed by atoms with Crippen molar-refractivity contribution in [3.63, 3.8) is 0 Å². The van der Waals surface area contributed by atoms with E-state index in [4.69, 9.17) is 0 Å². The average Bonchev–Trinajstić information content (AvgIpc) is 2.71. The highest BCUT2D eigenvalue weighted by Crippen LogP contribution is 2.05. The molecule has 0 saturated carbocycles. The molecule has 0 aliphatic rings. The Morgan fingerprint density at radius 3 is 1.32 bits per heavy atom. The van der Waals surface area contributed by atoms with E-state index in [1.165, 1.54) is 5.19 Å². The van der Waals surface area contributed by atoms with Crippen LogP contribution in [0.15, 0.2) is 78.9 Å². The molecule has 0 aliphatic carbocycles. The van der Waals surface area contributed by atoms with Crippen LogP contribution in [0.4, 0.5) is 0 Å². The van der Waals surface area contributed by atoms with Gasteiger partial charge in [-0.05, 0) is 60.4 Å².